The van der Waals surface area contributed by atoms with Crippen molar-refractivity contribution in [3.05, 3.63) is 0 Å². The van der Waals surface area contributed by atoms with E-state index in [2.05, 4.69) is 0 Å². The second-order valence-corrected chi connectivity index (χ2v) is 7.70. The number of aliphatic hydroxyl groups is 1. The van der Waals surface area contributed by atoms with Crippen molar-refractivity contribution in [1.82, 2.24) is 0 Å². The quantitative estimate of drug-likeness (QED) is 0.766. The molecular formula is C16H26O7. The molecule has 132 valence electrons. The summed E-state index contributed by atoms with van der Waals surface area (Å²) in [6.07, 6.45) is -1.00. The molecule has 4 saturated heterocycles. The first-order chi connectivity index (χ1) is 10.7. The van der Waals surface area contributed by atoms with Gasteiger partial charge in [-0.3, -0.25) is 0 Å². The topological polar surface area (TPSA) is 75.6 Å². The number of aliphatic hydroxyl groups excluding tert-OH is 1. The predicted molar refractivity (Wildman–Crippen MR) is 77.5 cm³/mol. The highest BCUT2D eigenvalue weighted by Gasteiger charge is 2.59. The summed E-state index contributed by atoms with van der Waals surface area (Å²) in [5.41, 5.74) is 0. The smallest absolute Gasteiger partial charge is 0.164 e. The number of rotatable bonds is 1. The maximum Gasteiger partial charge on any atom is 0.164 e. The molecular weight excluding hydrogens is 304 g/mol. The van der Waals surface area contributed by atoms with E-state index >= 15 is 0 Å². The van der Waals surface area contributed by atoms with Crippen LogP contribution in [0.2, 0.25) is 0 Å². The van der Waals surface area contributed by atoms with Crippen molar-refractivity contribution in [2.45, 2.75) is 95.0 Å². The molecule has 0 radical (unpaired) electrons. The van der Waals surface area contributed by atoms with Crippen molar-refractivity contribution in [2.24, 2.45) is 0 Å². The first-order valence-corrected chi connectivity index (χ1v) is 8.40. The van der Waals surface area contributed by atoms with E-state index in [-0.39, 0.29) is 36.6 Å². The number of hydrogen-bond donors (Lipinski definition) is 1. The summed E-state index contributed by atoms with van der Waals surface area (Å²) in [4.78, 5) is 0. The second kappa shape index (κ2) is 5.36. The molecule has 7 heteroatoms. The Hall–Kier alpha value is -0.280. The fourth-order valence-corrected chi connectivity index (χ4v) is 4.02. The van der Waals surface area contributed by atoms with E-state index in [1.807, 2.05) is 27.7 Å². The molecule has 4 fully saturated rings. The van der Waals surface area contributed by atoms with Crippen molar-refractivity contribution < 1.29 is 33.5 Å². The van der Waals surface area contributed by atoms with Crippen LogP contribution < -0.4 is 0 Å². The lowest BCUT2D eigenvalue weighted by atomic mass is 9.89. The highest BCUT2D eigenvalue weighted by Crippen LogP contribution is 2.44. The van der Waals surface area contributed by atoms with Crippen LogP contribution in [0.15, 0.2) is 0 Å². The van der Waals surface area contributed by atoms with E-state index in [0.717, 1.165) is 6.42 Å². The Kier molecular flexibility index (Phi) is 3.77. The third-order valence-electron chi connectivity index (χ3n) is 4.92. The molecule has 0 aliphatic carbocycles. The van der Waals surface area contributed by atoms with Gasteiger partial charge in [-0.2, -0.15) is 0 Å². The predicted octanol–water partition coefficient (Wildman–Crippen LogP) is 0.923. The maximum absolute atomic E-state index is 9.83. The molecule has 4 heterocycles. The van der Waals surface area contributed by atoms with Crippen molar-refractivity contribution in [3.63, 3.8) is 0 Å². The largest absolute Gasteiger partial charge is 0.368 e. The molecule has 1 N–H and O–H groups in total. The molecule has 4 aliphatic heterocycles. The third-order valence-corrected chi connectivity index (χ3v) is 4.92. The lowest BCUT2D eigenvalue weighted by molar-refractivity contribution is -0.286. The van der Waals surface area contributed by atoms with Gasteiger partial charge in [0.25, 0.3) is 0 Å². The average Bonchev–Trinajstić information content (AvgIpc) is 2.97. The monoisotopic (exact) mass is 330 g/mol. The van der Waals surface area contributed by atoms with Crippen LogP contribution in [0.25, 0.3) is 0 Å². The Morgan fingerprint density at radius 1 is 0.739 bits per heavy atom. The van der Waals surface area contributed by atoms with Gasteiger partial charge in [0.2, 0.25) is 0 Å². The van der Waals surface area contributed by atoms with E-state index in [1.54, 1.807) is 0 Å². The molecule has 0 aromatic rings. The molecule has 0 amide bonds. The molecule has 0 spiro atoms. The minimum Gasteiger partial charge on any atom is -0.368 e. The van der Waals surface area contributed by atoms with Gasteiger partial charge in [-0.05, 0) is 34.1 Å². The molecule has 4 rings (SSSR count). The van der Waals surface area contributed by atoms with Crippen LogP contribution in [0.1, 0.15) is 40.5 Å². The van der Waals surface area contributed by atoms with Crippen LogP contribution in [0, 0.1) is 0 Å². The summed E-state index contributed by atoms with van der Waals surface area (Å²) < 4.78 is 35.8. The second-order valence-electron chi connectivity index (χ2n) is 7.70. The van der Waals surface area contributed by atoms with Crippen LogP contribution in [0.5, 0.6) is 0 Å². The molecule has 7 atom stereocenters. The van der Waals surface area contributed by atoms with Gasteiger partial charge in [0, 0.05) is 6.42 Å². The minimum atomic E-state index is -0.769. The molecule has 0 bridgehead atoms. The van der Waals surface area contributed by atoms with Gasteiger partial charge in [0.05, 0.1) is 12.7 Å². The first-order valence-electron chi connectivity index (χ1n) is 8.40. The molecule has 0 saturated carbocycles. The highest BCUT2D eigenvalue weighted by atomic mass is 16.8. The Morgan fingerprint density at radius 3 is 2.00 bits per heavy atom. The van der Waals surface area contributed by atoms with Crippen LogP contribution in [0.3, 0.4) is 0 Å². The van der Waals surface area contributed by atoms with Crippen molar-refractivity contribution in [1.29, 1.82) is 0 Å². The standard InChI is InChI=1S/C16H26O7/c1-15(2)18-7-9(21-15)12-14-13(22-16(3,4)23-14)11-8(19-12)5-6-10(17)20-11/h8-14,17H,5-7H2,1-4H3/t8-,9-,10?,11-,12-,13-,14+/m0/s1. The van der Waals surface area contributed by atoms with Gasteiger partial charge in [0.1, 0.15) is 30.5 Å². The van der Waals surface area contributed by atoms with Crippen LogP contribution in [0.4, 0.5) is 0 Å². The van der Waals surface area contributed by atoms with E-state index < -0.39 is 17.9 Å². The lowest BCUT2D eigenvalue weighted by Crippen LogP contribution is -2.62. The fourth-order valence-electron chi connectivity index (χ4n) is 4.02. The van der Waals surface area contributed by atoms with E-state index in [9.17, 15) is 5.11 Å². The van der Waals surface area contributed by atoms with E-state index in [4.69, 9.17) is 28.4 Å². The Bertz CT molecular complexity index is 465. The third kappa shape index (κ3) is 2.93. The minimum absolute atomic E-state index is 0.130. The molecule has 1 unspecified atom stereocenters. The normalized spacial score (nSPS) is 51.3. The SMILES string of the molecule is CC1(C)O[C@@H]2[C@H](O1)[C@H]([C@@H]1COC(C)(C)O1)O[C@H]1CCC(O)O[C@H]21. The average molecular weight is 330 g/mol. The van der Waals surface area contributed by atoms with Crippen molar-refractivity contribution >= 4 is 0 Å². The Balaban J connectivity index is 1.58. The molecule has 0 aromatic heterocycles. The summed E-state index contributed by atoms with van der Waals surface area (Å²) in [7, 11) is 0. The van der Waals surface area contributed by atoms with Crippen molar-refractivity contribution in [3.8, 4) is 0 Å². The maximum atomic E-state index is 9.83. The van der Waals surface area contributed by atoms with Crippen molar-refractivity contribution in [2.75, 3.05) is 6.61 Å². The molecule has 7 nitrogen and oxygen atoms in total. The van der Waals surface area contributed by atoms with Gasteiger partial charge in [-0.15, -0.1) is 0 Å². The fraction of sp³-hybridized carbons (Fsp3) is 1.00. The van der Waals surface area contributed by atoms with Gasteiger partial charge in [0.15, 0.2) is 17.9 Å². The van der Waals surface area contributed by atoms with Crippen LogP contribution in [-0.2, 0) is 28.4 Å². The number of fused-ring (bicyclic) bond motifs is 3. The van der Waals surface area contributed by atoms with Gasteiger partial charge < -0.3 is 33.5 Å². The Labute approximate surface area is 136 Å². The van der Waals surface area contributed by atoms with Crippen LogP contribution in [-0.4, -0.2) is 66.2 Å². The van der Waals surface area contributed by atoms with E-state index in [1.165, 1.54) is 0 Å². The highest BCUT2D eigenvalue weighted by molar-refractivity contribution is 5.03. The summed E-state index contributed by atoms with van der Waals surface area (Å²) >= 11 is 0. The molecule has 4 aliphatic rings. The first kappa shape index (κ1) is 16.2. The number of hydrogen-bond acceptors (Lipinski definition) is 7. The summed E-state index contributed by atoms with van der Waals surface area (Å²) in [5.74, 6) is -1.33. The van der Waals surface area contributed by atoms with Crippen LogP contribution >= 0.6 is 0 Å². The summed E-state index contributed by atoms with van der Waals surface area (Å²) in [6, 6.07) is 0. The summed E-state index contributed by atoms with van der Waals surface area (Å²) in [5, 5.41) is 9.83. The summed E-state index contributed by atoms with van der Waals surface area (Å²) in [6.45, 7) is 8.02. The van der Waals surface area contributed by atoms with E-state index in [0.29, 0.717) is 13.0 Å². The van der Waals surface area contributed by atoms with Gasteiger partial charge in [-0.25, -0.2) is 0 Å². The zero-order valence-electron chi connectivity index (χ0n) is 14.1. The number of ether oxygens (including phenoxy) is 6. The Morgan fingerprint density at radius 2 is 1.39 bits per heavy atom. The zero-order chi connectivity index (χ0) is 16.4. The molecule has 0 aromatic carbocycles. The molecule has 23 heavy (non-hydrogen) atoms. The van der Waals surface area contributed by atoms with Gasteiger partial charge in [-0.1, -0.05) is 0 Å². The van der Waals surface area contributed by atoms with Gasteiger partial charge >= 0.3 is 0 Å². The lowest BCUT2D eigenvalue weighted by Gasteiger charge is -2.46. The zero-order valence-corrected chi connectivity index (χ0v) is 14.1.